The molecule has 0 radical (unpaired) electrons. The molecular weight excluding hydrogens is 290 g/mol. The van der Waals surface area contributed by atoms with Crippen LogP contribution >= 0.6 is 11.6 Å². The second-order valence-electron chi connectivity index (χ2n) is 4.60. The van der Waals surface area contributed by atoms with Gasteiger partial charge >= 0.3 is 0 Å². The van der Waals surface area contributed by atoms with Crippen LogP contribution in [0.5, 0.6) is 0 Å². The lowest BCUT2D eigenvalue weighted by Gasteiger charge is -2.09. The van der Waals surface area contributed by atoms with E-state index in [1.807, 2.05) is 13.0 Å². The molecule has 21 heavy (non-hydrogen) atoms. The second-order valence-corrected chi connectivity index (χ2v) is 5.01. The number of nitrogen functional groups attached to an aromatic ring is 1. The van der Waals surface area contributed by atoms with E-state index in [0.29, 0.717) is 16.9 Å². The number of carbonyl (C=O) groups excluding carboxylic acids is 2. The van der Waals surface area contributed by atoms with Gasteiger partial charge in [0.15, 0.2) is 0 Å². The zero-order chi connectivity index (χ0) is 15.6. The predicted molar refractivity (Wildman–Crippen MR) is 83.5 cm³/mol. The first-order valence-corrected chi connectivity index (χ1v) is 6.53. The number of benzene rings is 2. The molecular formula is C15H14ClN3O2. The lowest BCUT2D eigenvalue weighted by atomic mass is 10.1. The Morgan fingerprint density at radius 1 is 1.10 bits per heavy atom. The highest BCUT2D eigenvalue weighted by atomic mass is 35.5. The first kappa shape index (κ1) is 14.9. The average molecular weight is 304 g/mol. The van der Waals surface area contributed by atoms with Gasteiger partial charge in [-0.3, -0.25) is 9.59 Å². The Bertz CT molecular complexity index is 729. The Kier molecular flexibility index (Phi) is 4.14. The van der Waals surface area contributed by atoms with Gasteiger partial charge in [0, 0.05) is 11.4 Å². The average Bonchev–Trinajstić information content (AvgIpc) is 2.41. The van der Waals surface area contributed by atoms with Gasteiger partial charge in [-0.15, -0.1) is 0 Å². The van der Waals surface area contributed by atoms with Crippen molar-refractivity contribution in [3.05, 3.63) is 58.1 Å². The molecule has 108 valence electrons. The van der Waals surface area contributed by atoms with E-state index in [2.05, 4.69) is 5.32 Å². The number of aryl methyl sites for hydroxylation is 1. The number of hydrogen-bond donors (Lipinski definition) is 3. The molecule has 0 saturated heterocycles. The summed E-state index contributed by atoms with van der Waals surface area (Å²) in [5.41, 5.74) is 13.3. The zero-order valence-corrected chi connectivity index (χ0v) is 12.1. The molecule has 0 heterocycles. The summed E-state index contributed by atoms with van der Waals surface area (Å²) in [5, 5.41) is 2.86. The molecule has 2 amide bonds. The molecule has 0 aliphatic heterocycles. The Hall–Kier alpha value is -2.53. The number of carbonyl (C=O) groups is 2. The van der Waals surface area contributed by atoms with Gasteiger partial charge in [-0.25, -0.2) is 0 Å². The molecule has 0 atom stereocenters. The first-order valence-electron chi connectivity index (χ1n) is 6.15. The van der Waals surface area contributed by atoms with Crippen LogP contribution in [-0.4, -0.2) is 11.8 Å². The molecule has 0 saturated carbocycles. The maximum atomic E-state index is 12.2. The Morgan fingerprint density at radius 3 is 2.43 bits per heavy atom. The van der Waals surface area contributed by atoms with Gasteiger partial charge < -0.3 is 16.8 Å². The van der Waals surface area contributed by atoms with Crippen molar-refractivity contribution in [3.63, 3.8) is 0 Å². The van der Waals surface area contributed by atoms with Crippen LogP contribution in [0.2, 0.25) is 5.02 Å². The van der Waals surface area contributed by atoms with Crippen LogP contribution < -0.4 is 16.8 Å². The highest BCUT2D eigenvalue weighted by Crippen LogP contribution is 2.22. The van der Waals surface area contributed by atoms with Crippen LogP contribution in [0.25, 0.3) is 0 Å². The van der Waals surface area contributed by atoms with Crippen molar-refractivity contribution in [3.8, 4) is 0 Å². The summed E-state index contributed by atoms with van der Waals surface area (Å²) in [7, 11) is 0. The van der Waals surface area contributed by atoms with Gasteiger partial charge in [0.05, 0.1) is 16.1 Å². The summed E-state index contributed by atoms with van der Waals surface area (Å²) in [4.78, 5) is 23.3. The second kappa shape index (κ2) is 5.85. The van der Waals surface area contributed by atoms with Crippen molar-refractivity contribution in [1.29, 1.82) is 0 Å². The quantitative estimate of drug-likeness (QED) is 0.760. The van der Waals surface area contributed by atoms with Crippen molar-refractivity contribution in [2.24, 2.45) is 5.73 Å². The standard InChI is InChI=1S/C15H14ClN3O2/c1-8-2-5-13(17)11(6-8)15(21)19-9-3-4-10(14(18)20)12(16)7-9/h2-7H,17H2,1H3,(H2,18,20)(H,19,21). The first-order chi connectivity index (χ1) is 9.88. The fourth-order valence-corrected chi connectivity index (χ4v) is 2.13. The van der Waals surface area contributed by atoms with Crippen LogP contribution in [0, 0.1) is 6.92 Å². The van der Waals surface area contributed by atoms with Crippen molar-refractivity contribution < 1.29 is 9.59 Å². The minimum Gasteiger partial charge on any atom is -0.398 e. The SMILES string of the molecule is Cc1ccc(N)c(C(=O)Nc2ccc(C(N)=O)c(Cl)c2)c1. The zero-order valence-electron chi connectivity index (χ0n) is 11.3. The summed E-state index contributed by atoms with van der Waals surface area (Å²) in [5.74, 6) is -0.972. The van der Waals surface area contributed by atoms with Gasteiger partial charge in [0.25, 0.3) is 5.91 Å². The van der Waals surface area contributed by atoms with Gasteiger partial charge in [0.2, 0.25) is 5.91 Å². The summed E-state index contributed by atoms with van der Waals surface area (Å²) >= 11 is 5.93. The summed E-state index contributed by atoms with van der Waals surface area (Å²) in [6.07, 6.45) is 0. The molecule has 0 aliphatic carbocycles. The van der Waals surface area contributed by atoms with E-state index in [1.165, 1.54) is 12.1 Å². The van der Waals surface area contributed by atoms with E-state index in [-0.39, 0.29) is 16.5 Å². The van der Waals surface area contributed by atoms with Crippen LogP contribution in [0.15, 0.2) is 36.4 Å². The molecule has 0 fully saturated rings. The Balaban J connectivity index is 2.26. The molecule has 0 aliphatic rings. The predicted octanol–water partition coefficient (Wildman–Crippen LogP) is 2.58. The molecule has 0 bridgehead atoms. The Labute approximate surface area is 126 Å². The van der Waals surface area contributed by atoms with Crippen molar-refractivity contribution in [1.82, 2.24) is 0 Å². The molecule has 2 rings (SSSR count). The maximum Gasteiger partial charge on any atom is 0.257 e. The number of halogens is 1. The lowest BCUT2D eigenvalue weighted by Crippen LogP contribution is -2.15. The van der Waals surface area contributed by atoms with Crippen LogP contribution in [-0.2, 0) is 0 Å². The van der Waals surface area contributed by atoms with Gasteiger partial charge in [0.1, 0.15) is 0 Å². The van der Waals surface area contributed by atoms with Crippen LogP contribution in [0.3, 0.4) is 0 Å². The summed E-state index contributed by atoms with van der Waals surface area (Å²) < 4.78 is 0. The molecule has 0 aromatic heterocycles. The van der Waals surface area contributed by atoms with Crippen LogP contribution in [0.1, 0.15) is 26.3 Å². The number of hydrogen-bond acceptors (Lipinski definition) is 3. The van der Waals surface area contributed by atoms with Crippen molar-refractivity contribution in [2.75, 3.05) is 11.1 Å². The lowest BCUT2D eigenvalue weighted by molar-refractivity contribution is 0.0998. The highest BCUT2D eigenvalue weighted by Gasteiger charge is 2.12. The molecule has 5 N–H and O–H groups in total. The minimum absolute atomic E-state index is 0.178. The van der Waals surface area contributed by atoms with Crippen molar-refractivity contribution in [2.45, 2.75) is 6.92 Å². The molecule has 0 spiro atoms. The van der Waals surface area contributed by atoms with E-state index >= 15 is 0 Å². The fourth-order valence-electron chi connectivity index (χ4n) is 1.86. The van der Waals surface area contributed by atoms with E-state index in [9.17, 15) is 9.59 Å². The summed E-state index contributed by atoms with van der Waals surface area (Å²) in [6.45, 7) is 1.87. The third-order valence-corrected chi connectivity index (χ3v) is 3.26. The molecule has 6 heteroatoms. The fraction of sp³-hybridized carbons (Fsp3) is 0.0667. The minimum atomic E-state index is -0.624. The van der Waals surface area contributed by atoms with E-state index in [1.54, 1.807) is 18.2 Å². The van der Waals surface area contributed by atoms with Gasteiger partial charge in [-0.05, 0) is 37.3 Å². The largest absolute Gasteiger partial charge is 0.398 e. The normalized spacial score (nSPS) is 10.2. The number of nitrogens with two attached hydrogens (primary N) is 2. The number of nitrogens with one attached hydrogen (secondary N) is 1. The summed E-state index contributed by atoms with van der Waals surface area (Å²) in [6, 6.07) is 9.67. The molecule has 0 unspecified atom stereocenters. The third-order valence-electron chi connectivity index (χ3n) is 2.95. The molecule has 2 aromatic carbocycles. The monoisotopic (exact) mass is 303 g/mol. The van der Waals surface area contributed by atoms with Gasteiger partial charge in [-0.2, -0.15) is 0 Å². The van der Waals surface area contributed by atoms with E-state index < -0.39 is 5.91 Å². The highest BCUT2D eigenvalue weighted by molar-refractivity contribution is 6.34. The van der Waals surface area contributed by atoms with Crippen molar-refractivity contribution >= 4 is 34.8 Å². The number of amides is 2. The Morgan fingerprint density at radius 2 is 1.81 bits per heavy atom. The number of anilines is 2. The number of primary amides is 1. The van der Waals surface area contributed by atoms with Gasteiger partial charge in [-0.1, -0.05) is 23.2 Å². The van der Waals surface area contributed by atoms with Crippen LogP contribution in [0.4, 0.5) is 11.4 Å². The maximum absolute atomic E-state index is 12.2. The topological polar surface area (TPSA) is 98.2 Å². The molecule has 5 nitrogen and oxygen atoms in total. The van der Waals surface area contributed by atoms with E-state index in [4.69, 9.17) is 23.1 Å². The van der Waals surface area contributed by atoms with E-state index in [0.717, 1.165) is 5.56 Å². The molecule has 2 aromatic rings. The number of rotatable bonds is 3. The third kappa shape index (κ3) is 3.32. The smallest absolute Gasteiger partial charge is 0.257 e.